The van der Waals surface area contributed by atoms with Crippen LogP contribution in [0.5, 0.6) is 0 Å². The summed E-state index contributed by atoms with van der Waals surface area (Å²) in [5.41, 5.74) is 4.24. The van der Waals surface area contributed by atoms with Crippen LogP contribution in [0, 0.1) is 20.8 Å². The molecule has 114 valence electrons. The third kappa shape index (κ3) is 2.25. The average Bonchev–Trinajstić information content (AvgIpc) is 2.87. The van der Waals surface area contributed by atoms with Gasteiger partial charge in [-0.15, -0.1) is 0 Å². The van der Waals surface area contributed by atoms with Crippen molar-refractivity contribution in [3.63, 3.8) is 0 Å². The molecular weight excluding hydrogens is 285 g/mol. The van der Waals surface area contributed by atoms with Gasteiger partial charge in [0.25, 0.3) is 0 Å². The molecule has 0 aliphatic heterocycles. The minimum absolute atomic E-state index is 0.327. The van der Waals surface area contributed by atoms with Gasteiger partial charge in [-0.05, 0) is 54.2 Å². The van der Waals surface area contributed by atoms with E-state index in [2.05, 4.69) is 0 Å². The van der Waals surface area contributed by atoms with Gasteiger partial charge in [0.05, 0.1) is 5.57 Å². The highest BCUT2D eigenvalue weighted by molar-refractivity contribution is 5.82. The first-order valence-electron chi connectivity index (χ1n) is 7.25. The molecule has 22 heavy (non-hydrogen) atoms. The van der Waals surface area contributed by atoms with E-state index in [0.29, 0.717) is 11.1 Å². The fraction of sp³-hybridized carbons (Fsp3) is 0.263. The van der Waals surface area contributed by atoms with Gasteiger partial charge in [-0.1, -0.05) is 42.5 Å². The Morgan fingerprint density at radius 1 is 0.909 bits per heavy atom. The second-order valence-electron chi connectivity index (χ2n) is 5.89. The summed E-state index contributed by atoms with van der Waals surface area (Å²) in [5.74, 6) is -0.327. The van der Waals surface area contributed by atoms with Gasteiger partial charge in [0.1, 0.15) is 0 Å². The van der Waals surface area contributed by atoms with Crippen molar-refractivity contribution in [1.29, 1.82) is 0 Å². The van der Waals surface area contributed by atoms with Gasteiger partial charge in [0.2, 0.25) is 0 Å². The van der Waals surface area contributed by atoms with Crippen LogP contribution in [0.2, 0.25) is 0 Å². The topological polar surface area (TPSA) is 0 Å². The number of halogens is 3. The molecule has 0 saturated carbocycles. The SMILES string of the molecule is Cc1cc(C)c2c(c1C)C(c1ccccc1)C=C2C(F)(F)F. The molecule has 0 N–H and O–H groups in total. The number of allylic oxidation sites excluding steroid dienone is 2. The molecule has 0 spiro atoms. The molecule has 2 aromatic carbocycles. The third-order valence-electron chi connectivity index (χ3n) is 4.47. The zero-order chi connectivity index (χ0) is 16.1. The Hall–Kier alpha value is -2.03. The zero-order valence-electron chi connectivity index (χ0n) is 12.8. The van der Waals surface area contributed by atoms with Crippen LogP contribution in [0.1, 0.15) is 39.3 Å². The maximum atomic E-state index is 13.5. The molecule has 0 saturated heterocycles. The Kier molecular flexibility index (Phi) is 3.39. The predicted octanol–water partition coefficient (Wildman–Crippen LogP) is 5.70. The van der Waals surface area contributed by atoms with Gasteiger partial charge in [0, 0.05) is 5.92 Å². The monoisotopic (exact) mass is 302 g/mol. The molecule has 2 aromatic rings. The highest BCUT2D eigenvalue weighted by atomic mass is 19.4. The lowest BCUT2D eigenvalue weighted by atomic mass is 9.86. The third-order valence-corrected chi connectivity index (χ3v) is 4.47. The lowest BCUT2D eigenvalue weighted by Gasteiger charge is -2.19. The zero-order valence-corrected chi connectivity index (χ0v) is 12.8. The van der Waals surface area contributed by atoms with Gasteiger partial charge >= 0.3 is 6.18 Å². The first-order chi connectivity index (χ1) is 10.3. The number of rotatable bonds is 1. The van der Waals surface area contributed by atoms with Crippen LogP contribution >= 0.6 is 0 Å². The molecule has 0 nitrogen and oxygen atoms in total. The number of benzene rings is 2. The fourth-order valence-electron chi connectivity index (χ4n) is 3.36. The quantitative estimate of drug-likeness (QED) is 0.633. The Balaban J connectivity index is 2.31. The average molecular weight is 302 g/mol. The first-order valence-corrected chi connectivity index (χ1v) is 7.25. The van der Waals surface area contributed by atoms with E-state index in [-0.39, 0.29) is 5.92 Å². The van der Waals surface area contributed by atoms with Crippen molar-refractivity contribution in [2.24, 2.45) is 0 Å². The lowest BCUT2D eigenvalue weighted by Crippen LogP contribution is -2.11. The van der Waals surface area contributed by atoms with E-state index < -0.39 is 11.7 Å². The largest absolute Gasteiger partial charge is 0.416 e. The Morgan fingerprint density at radius 2 is 1.55 bits per heavy atom. The maximum Gasteiger partial charge on any atom is 0.416 e. The second-order valence-corrected chi connectivity index (χ2v) is 5.89. The van der Waals surface area contributed by atoms with Crippen LogP contribution in [0.3, 0.4) is 0 Å². The molecule has 1 unspecified atom stereocenters. The van der Waals surface area contributed by atoms with Crippen molar-refractivity contribution in [2.45, 2.75) is 32.9 Å². The smallest absolute Gasteiger partial charge is 0.166 e. The molecule has 1 atom stereocenters. The summed E-state index contributed by atoms with van der Waals surface area (Å²) in [4.78, 5) is 0. The maximum absolute atomic E-state index is 13.5. The van der Waals surface area contributed by atoms with Crippen LogP contribution in [-0.2, 0) is 0 Å². The van der Waals surface area contributed by atoms with Crippen molar-refractivity contribution in [1.82, 2.24) is 0 Å². The van der Waals surface area contributed by atoms with Crippen LogP contribution in [0.15, 0.2) is 42.5 Å². The van der Waals surface area contributed by atoms with E-state index in [1.807, 2.05) is 50.2 Å². The van der Waals surface area contributed by atoms with Crippen LogP contribution in [-0.4, -0.2) is 6.18 Å². The first kappa shape index (κ1) is 14.9. The van der Waals surface area contributed by atoms with E-state index >= 15 is 0 Å². The summed E-state index contributed by atoms with van der Waals surface area (Å²) in [6.07, 6.45) is -2.95. The molecular formula is C19H17F3. The summed E-state index contributed by atoms with van der Waals surface area (Å²) in [5, 5.41) is 0. The lowest BCUT2D eigenvalue weighted by molar-refractivity contribution is -0.0688. The van der Waals surface area contributed by atoms with Gasteiger partial charge < -0.3 is 0 Å². The van der Waals surface area contributed by atoms with E-state index in [0.717, 1.165) is 22.3 Å². The van der Waals surface area contributed by atoms with Gasteiger partial charge in [-0.2, -0.15) is 13.2 Å². The predicted molar refractivity (Wildman–Crippen MR) is 83.0 cm³/mol. The molecule has 3 rings (SSSR count). The van der Waals surface area contributed by atoms with Gasteiger partial charge in [-0.25, -0.2) is 0 Å². The highest BCUT2D eigenvalue weighted by Gasteiger charge is 2.42. The molecule has 0 aromatic heterocycles. The van der Waals surface area contributed by atoms with E-state index in [9.17, 15) is 13.2 Å². The van der Waals surface area contributed by atoms with E-state index in [4.69, 9.17) is 0 Å². The van der Waals surface area contributed by atoms with Crippen molar-refractivity contribution < 1.29 is 13.2 Å². The molecule has 1 aliphatic rings. The van der Waals surface area contributed by atoms with Crippen molar-refractivity contribution in [3.8, 4) is 0 Å². The minimum atomic E-state index is -4.33. The second kappa shape index (κ2) is 5.01. The molecule has 0 heterocycles. The van der Waals surface area contributed by atoms with E-state index in [1.165, 1.54) is 6.08 Å². The fourth-order valence-corrected chi connectivity index (χ4v) is 3.36. The van der Waals surface area contributed by atoms with Crippen LogP contribution in [0.4, 0.5) is 13.2 Å². The number of hydrogen-bond donors (Lipinski definition) is 0. The van der Waals surface area contributed by atoms with Gasteiger partial charge in [-0.3, -0.25) is 0 Å². The number of alkyl halides is 3. The summed E-state index contributed by atoms with van der Waals surface area (Å²) in [6, 6.07) is 11.2. The summed E-state index contributed by atoms with van der Waals surface area (Å²) in [6.45, 7) is 5.63. The Morgan fingerprint density at radius 3 is 2.14 bits per heavy atom. The van der Waals surface area contributed by atoms with Gasteiger partial charge in [0.15, 0.2) is 0 Å². The minimum Gasteiger partial charge on any atom is -0.166 e. The standard InChI is InChI=1S/C19H17F3/c1-11-9-12(2)17-16(19(20,21)22)10-15(18(17)13(11)3)14-7-5-4-6-8-14/h4-10,15H,1-3H3. The summed E-state index contributed by atoms with van der Waals surface area (Å²) >= 11 is 0. The van der Waals surface area contributed by atoms with Crippen molar-refractivity contribution in [2.75, 3.05) is 0 Å². The Labute approximate surface area is 128 Å². The number of fused-ring (bicyclic) bond motifs is 1. The van der Waals surface area contributed by atoms with Crippen molar-refractivity contribution in [3.05, 3.63) is 75.9 Å². The van der Waals surface area contributed by atoms with E-state index in [1.54, 1.807) is 6.92 Å². The summed E-state index contributed by atoms with van der Waals surface area (Å²) < 4.78 is 40.4. The van der Waals surface area contributed by atoms with Crippen LogP contribution < -0.4 is 0 Å². The molecule has 0 bridgehead atoms. The molecule has 0 amide bonds. The molecule has 3 heteroatoms. The van der Waals surface area contributed by atoms with Crippen LogP contribution in [0.25, 0.3) is 5.57 Å². The number of aryl methyl sites for hydroxylation is 2. The number of hydrogen-bond acceptors (Lipinski definition) is 0. The molecule has 0 radical (unpaired) electrons. The molecule has 0 fully saturated rings. The van der Waals surface area contributed by atoms with Crippen molar-refractivity contribution >= 4 is 5.57 Å². The molecule has 1 aliphatic carbocycles. The summed E-state index contributed by atoms with van der Waals surface area (Å²) in [7, 11) is 0. The highest BCUT2D eigenvalue weighted by Crippen LogP contribution is 2.49. The normalized spacial score (nSPS) is 17.4. The Bertz CT molecular complexity index is 752.